The highest BCUT2D eigenvalue weighted by molar-refractivity contribution is 5.84. The normalized spacial score (nSPS) is 12.2. The van der Waals surface area contributed by atoms with Crippen molar-refractivity contribution in [3.05, 3.63) is 72.2 Å². The molecule has 124 valence electrons. The monoisotopic (exact) mass is 327 g/mol. The molecule has 0 spiro atoms. The van der Waals surface area contributed by atoms with Crippen molar-refractivity contribution in [2.75, 3.05) is 13.2 Å². The summed E-state index contributed by atoms with van der Waals surface area (Å²) in [5.41, 5.74) is 1.21. The van der Waals surface area contributed by atoms with Gasteiger partial charge in [-0.3, -0.25) is 4.98 Å². The maximum atomic E-state index is 13.5. The van der Waals surface area contributed by atoms with Gasteiger partial charge in [-0.05, 0) is 18.2 Å². The zero-order valence-electron chi connectivity index (χ0n) is 13.1. The van der Waals surface area contributed by atoms with Gasteiger partial charge in [0.2, 0.25) is 0 Å². The van der Waals surface area contributed by atoms with Crippen LogP contribution in [0.3, 0.4) is 0 Å². The molecule has 3 rings (SSSR count). The van der Waals surface area contributed by atoms with Crippen LogP contribution in [-0.2, 0) is 11.3 Å². The molecule has 5 heteroatoms. The third-order valence-corrected chi connectivity index (χ3v) is 3.55. The number of para-hydroxylation sites is 1. The smallest absolute Gasteiger partial charge is 0.145 e. The van der Waals surface area contributed by atoms with Gasteiger partial charge in [0.05, 0.1) is 13.2 Å². The summed E-state index contributed by atoms with van der Waals surface area (Å²) in [6.45, 7) is 0.249. The molecule has 4 nitrogen and oxygen atoms in total. The van der Waals surface area contributed by atoms with Gasteiger partial charge in [-0.15, -0.1) is 0 Å². The van der Waals surface area contributed by atoms with E-state index in [1.807, 2.05) is 30.3 Å². The van der Waals surface area contributed by atoms with E-state index in [-0.39, 0.29) is 25.6 Å². The molecular weight excluding hydrogens is 309 g/mol. The Morgan fingerprint density at radius 3 is 2.71 bits per heavy atom. The van der Waals surface area contributed by atoms with E-state index in [0.29, 0.717) is 11.3 Å². The number of fused-ring (bicyclic) bond motifs is 1. The van der Waals surface area contributed by atoms with Crippen molar-refractivity contribution >= 4 is 10.9 Å². The van der Waals surface area contributed by atoms with Crippen LogP contribution in [0.5, 0.6) is 5.75 Å². The first-order valence-electron chi connectivity index (χ1n) is 7.70. The zero-order chi connectivity index (χ0) is 16.8. The molecule has 3 aromatic rings. The van der Waals surface area contributed by atoms with E-state index in [2.05, 4.69) is 4.98 Å². The summed E-state index contributed by atoms with van der Waals surface area (Å²) in [5, 5.41) is 10.9. The molecule has 0 aliphatic rings. The molecule has 0 fully saturated rings. The highest BCUT2D eigenvalue weighted by Gasteiger charge is 2.09. The van der Waals surface area contributed by atoms with Crippen molar-refractivity contribution in [1.82, 2.24) is 4.98 Å². The van der Waals surface area contributed by atoms with Gasteiger partial charge in [-0.1, -0.05) is 36.4 Å². The number of rotatable bonds is 7. The largest absolute Gasteiger partial charge is 0.489 e. The molecule has 0 bridgehead atoms. The Morgan fingerprint density at radius 2 is 1.83 bits per heavy atom. The van der Waals surface area contributed by atoms with E-state index in [4.69, 9.17) is 9.47 Å². The SMILES string of the molecule is OC(COCc1ccccc1F)COc1cccc2cccnc12. The van der Waals surface area contributed by atoms with Crippen LogP contribution in [0.2, 0.25) is 0 Å². The minimum absolute atomic E-state index is 0.0620. The molecule has 1 unspecified atom stereocenters. The first kappa shape index (κ1) is 16.4. The van der Waals surface area contributed by atoms with E-state index >= 15 is 0 Å². The number of halogens is 1. The lowest BCUT2D eigenvalue weighted by Gasteiger charge is -2.14. The maximum Gasteiger partial charge on any atom is 0.145 e. The first-order chi connectivity index (χ1) is 11.7. The van der Waals surface area contributed by atoms with E-state index in [1.54, 1.807) is 24.4 Å². The number of ether oxygens (including phenoxy) is 2. The lowest BCUT2D eigenvalue weighted by molar-refractivity contribution is 0.00500. The van der Waals surface area contributed by atoms with Crippen LogP contribution in [0.25, 0.3) is 10.9 Å². The fourth-order valence-corrected chi connectivity index (χ4v) is 2.35. The number of aliphatic hydroxyl groups excluding tert-OH is 1. The van der Waals surface area contributed by atoms with Gasteiger partial charge in [-0.25, -0.2) is 4.39 Å². The van der Waals surface area contributed by atoms with Gasteiger partial charge >= 0.3 is 0 Å². The van der Waals surface area contributed by atoms with E-state index < -0.39 is 6.10 Å². The van der Waals surface area contributed by atoms with Crippen molar-refractivity contribution in [3.63, 3.8) is 0 Å². The number of nitrogens with zero attached hydrogens (tertiary/aromatic N) is 1. The fourth-order valence-electron chi connectivity index (χ4n) is 2.35. The summed E-state index contributed by atoms with van der Waals surface area (Å²) in [7, 11) is 0. The second-order valence-corrected chi connectivity index (χ2v) is 5.40. The molecule has 1 N–H and O–H groups in total. The van der Waals surface area contributed by atoms with Gasteiger partial charge in [0, 0.05) is 17.1 Å². The number of hydrogen-bond donors (Lipinski definition) is 1. The number of aromatic nitrogens is 1. The summed E-state index contributed by atoms with van der Waals surface area (Å²) in [6, 6.07) is 15.8. The molecule has 0 aliphatic carbocycles. The van der Waals surface area contributed by atoms with Crippen LogP contribution in [0.4, 0.5) is 4.39 Å². The van der Waals surface area contributed by atoms with Crippen LogP contribution in [0.15, 0.2) is 60.8 Å². The van der Waals surface area contributed by atoms with Gasteiger partial charge in [0.15, 0.2) is 0 Å². The topological polar surface area (TPSA) is 51.6 Å². The minimum Gasteiger partial charge on any atom is -0.489 e. The lowest BCUT2D eigenvalue weighted by atomic mass is 10.2. The Hall–Kier alpha value is -2.50. The van der Waals surface area contributed by atoms with Crippen molar-refractivity contribution in [3.8, 4) is 5.75 Å². The van der Waals surface area contributed by atoms with Crippen molar-refractivity contribution in [1.29, 1.82) is 0 Å². The Morgan fingerprint density at radius 1 is 1.00 bits per heavy atom. The van der Waals surface area contributed by atoms with Crippen molar-refractivity contribution in [2.24, 2.45) is 0 Å². The van der Waals surface area contributed by atoms with Crippen LogP contribution in [0, 0.1) is 5.82 Å². The Bertz CT molecular complexity index is 804. The molecule has 0 saturated heterocycles. The van der Waals surface area contributed by atoms with Gasteiger partial charge in [0.25, 0.3) is 0 Å². The summed E-state index contributed by atoms with van der Waals surface area (Å²) in [4.78, 5) is 4.29. The summed E-state index contributed by atoms with van der Waals surface area (Å²) in [6.07, 6.45) is 0.888. The highest BCUT2D eigenvalue weighted by Crippen LogP contribution is 2.23. The van der Waals surface area contributed by atoms with Gasteiger partial charge < -0.3 is 14.6 Å². The van der Waals surface area contributed by atoms with Crippen molar-refractivity contribution < 1.29 is 19.0 Å². The number of pyridine rings is 1. The fraction of sp³-hybridized carbons (Fsp3) is 0.211. The predicted octanol–water partition coefficient (Wildman–Crippen LogP) is 3.33. The quantitative estimate of drug-likeness (QED) is 0.723. The predicted molar refractivity (Wildman–Crippen MR) is 89.3 cm³/mol. The third kappa shape index (κ3) is 4.07. The Kier molecular flexibility index (Phi) is 5.36. The standard InChI is InChI=1S/C19H18FNO3/c20-17-8-2-1-5-15(17)11-23-12-16(22)13-24-18-9-3-6-14-7-4-10-21-19(14)18/h1-10,16,22H,11-13H2. The van der Waals surface area contributed by atoms with Crippen LogP contribution < -0.4 is 4.74 Å². The highest BCUT2D eigenvalue weighted by atomic mass is 19.1. The molecule has 0 amide bonds. The summed E-state index contributed by atoms with van der Waals surface area (Å²) in [5.74, 6) is 0.298. The number of hydrogen-bond acceptors (Lipinski definition) is 4. The second-order valence-electron chi connectivity index (χ2n) is 5.40. The van der Waals surface area contributed by atoms with Gasteiger partial charge in [-0.2, -0.15) is 0 Å². The minimum atomic E-state index is -0.809. The van der Waals surface area contributed by atoms with E-state index in [9.17, 15) is 9.50 Å². The third-order valence-electron chi connectivity index (χ3n) is 3.55. The van der Waals surface area contributed by atoms with Crippen molar-refractivity contribution in [2.45, 2.75) is 12.7 Å². The molecule has 0 aliphatic heterocycles. The number of aliphatic hydroxyl groups is 1. The molecule has 2 aromatic carbocycles. The van der Waals surface area contributed by atoms with E-state index in [1.165, 1.54) is 6.07 Å². The van der Waals surface area contributed by atoms with Crippen LogP contribution in [0.1, 0.15) is 5.56 Å². The maximum absolute atomic E-state index is 13.5. The Labute approximate surface area is 139 Å². The summed E-state index contributed by atoms with van der Waals surface area (Å²) >= 11 is 0. The Balaban J connectivity index is 1.50. The second kappa shape index (κ2) is 7.86. The van der Waals surface area contributed by atoms with E-state index in [0.717, 1.165) is 10.9 Å². The molecule has 0 saturated carbocycles. The zero-order valence-corrected chi connectivity index (χ0v) is 13.1. The molecule has 1 aromatic heterocycles. The first-order valence-corrected chi connectivity index (χ1v) is 7.70. The van der Waals surface area contributed by atoms with Crippen LogP contribution in [-0.4, -0.2) is 29.4 Å². The summed E-state index contributed by atoms with van der Waals surface area (Å²) < 4.78 is 24.5. The average molecular weight is 327 g/mol. The molecular formula is C19H18FNO3. The molecule has 0 radical (unpaired) electrons. The number of benzene rings is 2. The molecule has 1 heterocycles. The van der Waals surface area contributed by atoms with Gasteiger partial charge in [0.1, 0.15) is 29.8 Å². The molecule has 24 heavy (non-hydrogen) atoms. The lowest BCUT2D eigenvalue weighted by Crippen LogP contribution is -2.23. The van der Waals surface area contributed by atoms with Crippen LogP contribution >= 0.6 is 0 Å². The average Bonchev–Trinajstić information content (AvgIpc) is 2.61. The molecule has 1 atom stereocenters.